The topological polar surface area (TPSA) is 20.3 Å². The molecule has 0 atom stereocenters. The van der Waals surface area contributed by atoms with Crippen LogP contribution in [-0.4, -0.2) is 5.91 Å². The molecule has 0 aromatic heterocycles. The molecule has 3 aromatic rings. The first-order valence-electron chi connectivity index (χ1n) is 7.40. The van der Waals surface area contributed by atoms with Crippen LogP contribution >= 0.6 is 46.6 Å². The smallest absolute Gasteiger partial charge is 0.264 e. The fourth-order valence-electron chi connectivity index (χ4n) is 2.73. The molecule has 3 aromatic carbocycles. The Balaban J connectivity index is 1.93. The minimum atomic E-state index is -0.247. The van der Waals surface area contributed by atoms with Crippen molar-refractivity contribution in [2.75, 3.05) is 4.90 Å². The van der Waals surface area contributed by atoms with Crippen LogP contribution in [0.2, 0.25) is 15.1 Å². The summed E-state index contributed by atoms with van der Waals surface area (Å²) in [4.78, 5) is 16.9. The molecule has 0 fully saturated rings. The van der Waals surface area contributed by atoms with Gasteiger partial charge >= 0.3 is 0 Å². The first-order valence-corrected chi connectivity index (χ1v) is 9.35. The summed E-state index contributed by atoms with van der Waals surface area (Å²) in [6, 6.07) is 18.1. The normalized spacial score (nSPS) is 12.5. The van der Waals surface area contributed by atoms with E-state index in [1.165, 1.54) is 0 Å². The molecular weight excluding hydrogens is 397 g/mol. The molecule has 0 bridgehead atoms. The van der Waals surface area contributed by atoms with E-state index < -0.39 is 0 Å². The Bertz CT molecular complexity index is 1010. The van der Waals surface area contributed by atoms with Gasteiger partial charge in [0, 0.05) is 19.8 Å². The van der Waals surface area contributed by atoms with Crippen molar-refractivity contribution in [1.29, 1.82) is 0 Å². The van der Waals surface area contributed by atoms with Gasteiger partial charge in [-0.1, -0.05) is 58.7 Å². The zero-order valence-electron chi connectivity index (χ0n) is 12.7. The van der Waals surface area contributed by atoms with E-state index in [1.807, 2.05) is 36.4 Å². The molecular formula is C19H10Cl3NOS. The molecule has 0 spiro atoms. The highest BCUT2D eigenvalue weighted by Crippen LogP contribution is 2.49. The van der Waals surface area contributed by atoms with Crippen LogP contribution < -0.4 is 4.90 Å². The average Bonchev–Trinajstić information content (AvgIpc) is 2.61. The van der Waals surface area contributed by atoms with Crippen molar-refractivity contribution in [2.24, 2.45) is 0 Å². The molecule has 0 saturated carbocycles. The van der Waals surface area contributed by atoms with Crippen molar-refractivity contribution in [3.8, 4) is 0 Å². The second-order valence-electron chi connectivity index (χ2n) is 5.45. The SMILES string of the molecule is O=C(c1cc(Cl)ccc1Cl)N1c2ccccc2Sc2ccc(Cl)cc21. The van der Waals surface area contributed by atoms with Crippen LogP contribution in [0.1, 0.15) is 10.4 Å². The fourth-order valence-corrected chi connectivity index (χ4v) is 4.30. The summed E-state index contributed by atoms with van der Waals surface area (Å²) in [5, 5.41) is 1.38. The van der Waals surface area contributed by atoms with Gasteiger partial charge in [0.1, 0.15) is 0 Å². The number of amides is 1. The Hall–Kier alpha value is -1.65. The van der Waals surface area contributed by atoms with E-state index in [4.69, 9.17) is 34.8 Å². The van der Waals surface area contributed by atoms with Crippen LogP contribution in [-0.2, 0) is 0 Å². The summed E-state index contributed by atoms with van der Waals surface area (Å²) in [6.45, 7) is 0. The average molecular weight is 407 g/mol. The highest BCUT2D eigenvalue weighted by molar-refractivity contribution is 7.99. The number of benzene rings is 3. The van der Waals surface area contributed by atoms with Crippen LogP contribution in [0, 0.1) is 0 Å². The van der Waals surface area contributed by atoms with Crippen LogP contribution in [0.5, 0.6) is 0 Å². The number of rotatable bonds is 1. The molecule has 1 aliphatic heterocycles. The number of halogens is 3. The first-order chi connectivity index (χ1) is 12.0. The van der Waals surface area contributed by atoms with Crippen LogP contribution in [0.15, 0.2) is 70.5 Å². The maximum absolute atomic E-state index is 13.3. The molecule has 1 aliphatic rings. The van der Waals surface area contributed by atoms with Crippen molar-refractivity contribution < 1.29 is 4.79 Å². The molecule has 1 amide bonds. The second kappa shape index (κ2) is 6.58. The number of anilines is 2. The number of fused-ring (bicyclic) bond motifs is 2. The molecule has 0 aliphatic carbocycles. The zero-order chi connectivity index (χ0) is 17.6. The third kappa shape index (κ3) is 3.02. The summed E-state index contributed by atoms with van der Waals surface area (Å²) in [6.07, 6.45) is 0. The van der Waals surface area contributed by atoms with Crippen molar-refractivity contribution >= 4 is 63.8 Å². The number of carbonyl (C=O) groups is 1. The predicted molar refractivity (Wildman–Crippen MR) is 105 cm³/mol. The predicted octanol–water partition coefficient (Wildman–Crippen LogP) is 7.09. The van der Waals surface area contributed by atoms with E-state index in [0.29, 0.717) is 20.6 Å². The molecule has 25 heavy (non-hydrogen) atoms. The van der Waals surface area contributed by atoms with Crippen LogP contribution in [0.25, 0.3) is 0 Å². The van der Waals surface area contributed by atoms with E-state index in [1.54, 1.807) is 40.9 Å². The van der Waals surface area contributed by atoms with Crippen molar-refractivity contribution in [1.82, 2.24) is 0 Å². The molecule has 1 heterocycles. The molecule has 124 valence electrons. The maximum Gasteiger partial charge on any atom is 0.264 e. The lowest BCUT2D eigenvalue weighted by Crippen LogP contribution is -2.28. The summed E-state index contributed by atoms with van der Waals surface area (Å²) in [7, 11) is 0. The summed E-state index contributed by atoms with van der Waals surface area (Å²) < 4.78 is 0. The molecule has 0 radical (unpaired) electrons. The summed E-state index contributed by atoms with van der Waals surface area (Å²) >= 11 is 20.1. The molecule has 6 heteroatoms. The largest absolute Gasteiger partial charge is 0.275 e. The van der Waals surface area contributed by atoms with Gasteiger partial charge in [-0.25, -0.2) is 0 Å². The molecule has 0 unspecified atom stereocenters. The Morgan fingerprint density at radius 1 is 0.800 bits per heavy atom. The standard InChI is InChI=1S/C19H10Cl3NOS/c20-11-5-7-14(22)13(9-11)19(24)23-15-3-1-2-4-17(15)25-18-8-6-12(21)10-16(18)23/h1-10H. The third-order valence-electron chi connectivity index (χ3n) is 3.85. The molecule has 0 saturated heterocycles. The number of para-hydroxylation sites is 1. The number of nitrogens with zero attached hydrogens (tertiary/aromatic N) is 1. The van der Waals surface area contributed by atoms with Crippen molar-refractivity contribution in [2.45, 2.75) is 9.79 Å². The van der Waals surface area contributed by atoms with Gasteiger partial charge in [-0.15, -0.1) is 0 Å². The second-order valence-corrected chi connectivity index (χ2v) is 7.81. The van der Waals surface area contributed by atoms with Gasteiger partial charge < -0.3 is 0 Å². The van der Waals surface area contributed by atoms with Gasteiger partial charge in [-0.3, -0.25) is 9.69 Å². The lowest BCUT2D eigenvalue weighted by Gasteiger charge is -2.31. The monoisotopic (exact) mass is 405 g/mol. The van der Waals surface area contributed by atoms with E-state index >= 15 is 0 Å². The Kier molecular flexibility index (Phi) is 4.42. The van der Waals surface area contributed by atoms with Gasteiger partial charge in [0.25, 0.3) is 5.91 Å². The maximum atomic E-state index is 13.3. The van der Waals surface area contributed by atoms with Crippen molar-refractivity contribution in [3.63, 3.8) is 0 Å². The van der Waals surface area contributed by atoms with E-state index in [9.17, 15) is 4.79 Å². The molecule has 0 N–H and O–H groups in total. The first kappa shape index (κ1) is 16.8. The van der Waals surface area contributed by atoms with Gasteiger partial charge in [0.15, 0.2) is 0 Å². The Morgan fingerprint density at radius 2 is 1.48 bits per heavy atom. The van der Waals surface area contributed by atoms with Gasteiger partial charge in [0.05, 0.1) is 22.0 Å². The van der Waals surface area contributed by atoms with E-state index in [-0.39, 0.29) is 5.91 Å². The number of carbonyl (C=O) groups excluding carboxylic acids is 1. The summed E-state index contributed by atoms with van der Waals surface area (Å²) in [5.74, 6) is -0.247. The quantitative estimate of drug-likeness (QED) is 0.430. The van der Waals surface area contributed by atoms with Gasteiger partial charge in [-0.05, 0) is 48.5 Å². The fraction of sp³-hybridized carbons (Fsp3) is 0. The highest BCUT2D eigenvalue weighted by Gasteiger charge is 2.30. The van der Waals surface area contributed by atoms with E-state index in [0.717, 1.165) is 21.2 Å². The number of hydrogen-bond donors (Lipinski definition) is 0. The van der Waals surface area contributed by atoms with Crippen molar-refractivity contribution in [3.05, 3.63) is 81.3 Å². The van der Waals surface area contributed by atoms with Gasteiger partial charge in [-0.2, -0.15) is 0 Å². The minimum absolute atomic E-state index is 0.247. The molecule has 4 rings (SSSR count). The molecule has 2 nitrogen and oxygen atoms in total. The summed E-state index contributed by atoms with van der Waals surface area (Å²) in [5.41, 5.74) is 1.88. The lowest BCUT2D eigenvalue weighted by atomic mass is 10.1. The third-order valence-corrected chi connectivity index (χ3v) is 5.78. The number of hydrogen-bond acceptors (Lipinski definition) is 2. The van der Waals surface area contributed by atoms with Crippen LogP contribution in [0.4, 0.5) is 11.4 Å². The minimum Gasteiger partial charge on any atom is -0.275 e. The Morgan fingerprint density at radius 3 is 2.32 bits per heavy atom. The van der Waals surface area contributed by atoms with E-state index in [2.05, 4.69) is 0 Å². The highest BCUT2D eigenvalue weighted by atomic mass is 35.5. The van der Waals surface area contributed by atoms with Gasteiger partial charge in [0.2, 0.25) is 0 Å². The zero-order valence-corrected chi connectivity index (χ0v) is 15.8. The Labute approximate surface area is 164 Å². The van der Waals surface area contributed by atoms with Crippen LogP contribution in [0.3, 0.4) is 0 Å². The lowest BCUT2D eigenvalue weighted by molar-refractivity contribution is 0.0998.